The van der Waals surface area contributed by atoms with E-state index in [9.17, 15) is 9.59 Å². The molecule has 1 aliphatic heterocycles. The maximum atomic E-state index is 13.0. The Balaban J connectivity index is 2.24. The van der Waals surface area contributed by atoms with Gasteiger partial charge < -0.3 is 20.5 Å². The molecule has 3 unspecified atom stereocenters. The monoisotopic (exact) mass is 298 g/mol. The number of carboxylic acid groups (broad SMARTS) is 1. The number of aliphatic carboxylic acids is 1. The lowest BCUT2D eigenvalue weighted by molar-refractivity contribution is -0.185. The number of hydrogen-bond acceptors (Lipinski definition) is 4. The third kappa shape index (κ3) is 2.34. The van der Waals surface area contributed by atoms with Crippen molar-refractivity contribution in [3.05, 3.63) is 0 Å². The Hall–Kier alpha value is -1.14. The first-order valence-corrected chi connectivity index (χ1v) is 7.54. The molecule has 0 aromatic carbocycles. The number of carbonyl (C=O) groups excluding carboxylic acids is 1. The first-order valence-electron chi connectivity index (χ1n) is 7.54. The van der Waals surface area contributed by atoms with E-state index in [1.54, 1.807) is 0 Å². The lowest BCUT2D eigenvalue weighted by Gasteiger charge is -2.61. The zero-order valence-electron chi connectivity index (χ0n) is 13.3. The van der Waals surface area contributed by atoms with Crippen molar-refractivity contribution < 1.29 is 19.4 Å². The molecule has 0 radical (unpaired) electrons. The van der Waals surface area contributed by atoms with E-state index in [0.717, 1.165) is 6.42 Å². The van der Waals surface area contributed by atoms with Crippen LogP contribution in [0.5, 0.6) is 0 Å². The highest BCUT2D eigenvalue weighted by atomic mass is 16.5. The normalized spacial score (nSPS) is 33.4. The second-order valence-corrected chi connectivity index (χ2v) is 7.25. The van der Waals surface area contributed by atoms with Gasteiger partial charge in [-0.25, -0.2) is 0 Å². The Bertz CT molecular complexity index is 449. The van der Waals surface area contributed by atoms with Gasteiger partial charge in [-0.2, -0.15) is 0 Å². The van der Waals surface area contributed by atoms with Gasteiger partial charge in [-0.05, 0) is 12.3 Å². The minimum absolute atomic E-state index is 0.00261. The first-order chi connectivity index (χ1) is 9.62. The van der Waals surface area contributed by atoms with Crippen LogP contribution in [0.4, 0.5) is 0 Å². The van der Waals surface area contributed by atoms with Gasteiger partial charge in [-0.1, -0.05) is 27.7 Å². The van der Waals surface area contributed by atoms with E-state index in [-0.39, 0.29) is 30.4 Å². The predicted octanol–water partition coefficient (Wildman–Crippen LogP) is 0.698. The summed E-state index contributed by atoms with van der Waals surface area (Å²) < 4.78 is 5.69. The average Bonchev–Trinajstić information content (AvgIpc) is 2.83. The van der Waals surface area contributed by atoms with Crippen LogP contribution in [0.25, 0.3) is 0 Å². The van der Waals surface area contributed by atoms with Crippen LogP contribution in [0.3, 0.4) is 0 Å². The van der Waals surface area contributed by atoms with E-state index in [4.69, 9.17) is 15.6 Å². The third-order valence-electron chi connectivity index (χ3n) is 5.01. The smallest absolute Gasteiger partial charge is 0.323 e. The molecular weight excluding hydrogens is 272 g/mol. The largest absolute Gasteiger partial charge is 0.480 e. The van der Waals surface area contributed by atoms with Gasteiger partial charge >= 0.3 is 5.97 Å². The molecule has 6 nitrogen and oxygen atoms in total. The third-order valence-corrected chi connectivity index (χ3v) is 5.01. The summed E-state index contributed by atoms with van der Waals surface area (Å²) in [6.07, 6.45) is 0.760. The van der Waals surface area contributed by atoms with Crippen molar-refractivity contribution in [2.75, 3.05) is 19.7 Å². The van der Waals surface area contributed by atoms with Crippen LogP contribution >= 0.6 is 0 Å². The molecule has 0 bridgehead atoms. The van der Waals surface area contributed by atoms with E-state index in [2.05, 4.69) is 0 Å². The highest BCUT2D eigenvalue weighted by molar-refractivity contribution is 5.91. The Morgan fingerprint density at radius 2 is 2.05 bits per heavy atom. The summed E-state index contributed by atoms with van der Waals surface area (Å²) >= 11 is 0. The quantitative estimate of drug-likeness (QED) is 0.779. The van der Waals surface area contributed by atoms with Crippen molar-refractivity contribution >= 4 is 11.9 Å². The van der Waals surface area contributed by atoms with Gasteiger partial charge in [0, 0.05) is 24.5 Å². The molecule has 1 heterocycles. The second-order valence-electron chi connectivity index (χ2n) is 7.25. The van der Waals surface area contributed by atoms with Gasteiger partial charge in [0.15, 0.2) is 0 Å². The first kappa shape index (κ1) is 16.2. The van der Waals surface area contributed by atoms with E-state index in [0.29, 0.717) is 13.2 Å². The molecule has 120 valence electrons. The van der Waals surface area contributed by atoms with Gasteiger partial charge in [0.1, 0.15) is 12.1 Å². The number of nitrogens with zero attached hydrogens (tertiary/aromatic N) is 1. The molecule has 0 aromatic heterocycles. The molecule has 1 amide bonds. The fraction of sp³-hybridized carbons (Fsp3) is 0.867. The minimum Gasteiger partial charge on any atom is -0.480 e. The number of amides is 1. The van der Waals surface area contributed by atoms with Crippen LogP contribution in [0.1, 0.15) is 34.1 Å². The van der Waals surface area contributed by atoms with E-state index in [1.807, 2.05) is 27.7 Å². The number of hydrogen-bond donors (Lipinski definition) is 2. The fourth-order valence-electron chi connectivity index (χ4n) is 3.90. The number of rotatable bonds is 5. The topological polar surface area (TPSA) is 92.9 Å². The molecule has 0 aromatic rings. The number of carbonyl (C=O) groups is 2. The van der Waals surface area contributed by atoms with Crippen molar-refractivity contribution in [3.8, 4) is 0 Å². The summed E-state index contributed by atoms with van der Waals surface area (Å²) in [5, 5.41) is 9.06. The molecule has 0 spiro atoms. The maximum absolute atomic E-state index is 13.0. The molecule has 1 saturated heterocycles. The molecule has 3 atom stereocenters. The van der Waals surface area contributed by atoms with Crippen LogP contribution in [-0.4, -0.2) is 53.2 Å². The molecule has 2 rings (SSSR count). The van der Waals surface area contributed by atoms with Gasteiger partial charge in [0.2, 0.25) is 5.91 Å². The fourth-order valence-corrected chi connectivity index (χ4v) is 3.90. The summed E-state index contributed by atoms with van der Waals surface area (Å²) in [6, 6.07) is 0. The van der Waals surface area contributed by atoms with Crippen LogP contribution in [0, 0.1) is 17.3 Å². The van der Waals surface area contributed by atoms with Crippen molar-refractivity contribution in [1.29, 1.82) is 0 Å². The molecule has 1 saturated carbocycles. The lowest BCUT2D eigenvalue weighted by atomic mass is 9.47. The van der Waals surface area contributed by atoms with Crippen molar-refractivity contribution in [2.24, 2.45) is 23.0 Å². The summed E-state index contributed by atoms with van der Waals surface area (Å²) in [4.78, 5) is 25.4. The number of fused-ring (bicyclic) bond motifs is 1. The molecule has 6 heteroatoms. The molecule has 2 aliphatic rings. The number of carboxylic acids is 1. The van der Waals surface area contributed by atoms with Crippen LogP contribution in [0.15, 0.2) is 0 Å². The van der Waals surface area contributed by atoms with Crippen LogP contribution in [0.2, 0.25) is 0 Å². The molecule has 1 aliphatic carbocycles. The Kier molecular flexibility index (Phi) is 4.06. The number of ether oxygens (including phenoxy) is 1. The van der Waals surface area contributed by atoms with E-state index in [1.165, 1.54) is 4.90 Å². The van der Waals surface area contributed by atoms with Crippen molar-refractivity contribution in [1.82, 2.24) is 4.90 Å². The highest BCUT2D eigenvalue weighted by Crippen LogP contribution is 2.58. The number of nitrogens with two attached hydrogens (primary N) is 1. The summed E-state index contributed by atoms with van der Waals surface area (Å²) in [6.45, 7) is 8.51. The second kappa shape index (κ2) is 5.25. The average molecular weight is 298 g/mol. The Labute approximate surface area is 125 Å². The maximum Gasteiger partial charge on any atom is 0.323 e. The molecule has 21 heavy (non-hydrogen) atoms. The molecule has 3 N–H and O–H groups in total. The van der Waals surface area contributed by atoms with Gasteiger partial charge in [-0.15, -0.1) is 0 Å². The lowest BCUT2D eigenvalue weighted by Crippen LogP contribution is -2.80. The zero-order valence-corrected chi connectivity index (χ0v) is 13.3. The zero-order chi connectivity index (χ0) is 16.0. The van der Waals surface area contributed by atoms with E-state index < -0.39 is 16.9 Å². The van der Waals surface area contributed by atoms with Crippen molar-refractivity contribution in [2.45, 2.75) is 45.8 Å². The Morgan fingerprint density at radius 1 is 1.43 bits per heavy atom. The van der Waals surface area contributed by atoms with Crippen molar-refractivity contribution in [3.63, 3.8) is 0 Å². The minimum atomic E-state index is -1.03. The van der Waals surface area contributed by atoms with Crippen LogP contribution < -0.4 is 5.73 Å². The van der Waals surface area contributed by atoms with E-state index >= 15 is 0 Å². The predicted molar refractivity (Wildman–Crippen MR) is 77.6 cm³/mol. The van der Waals surface area contributed by atoms with Gasteiger partial charge in [-0.3, -0.25) is 9.59 Å². The molecular formula is C15H26N2O4. The highest BCUT2D eigenvalue weighted by Gasteiger charge is 2.71. The Morgan fingerprint density at radius 3 is 2.57 bits per heavy atom. The SMILES string of the molecule is CC(C)CN(CC(=O)O)C(=O)C1(N)C2CCOC2C1(C)C. The van der Waals surface area contributed by atoms with Gasteiger partial charge in [0.05, 0.1) is 6.10 Å². The standard InChI is InChI=1S/C15H26N2O4/c1-9(2)7-17(8-11(18)19)13(20)15(16)10-5-6-21-12(10)14(15,3)4/h9-10,12H,5-8,16H2,1-4H3,(H,18,19). The summed E-state index contributed by atoms with van der Waals surface area (Å²) in [5.41, 5.74) is 5.00. The summed E-state index contributed by atoms with van der Waals surface area (Å²) in [7, 11) is 0. The van der Waals surface area contributed by atoms with Gasteiger partial charge in [0.25, 0.3) is 0 Å². The molecule has 2 fully saturated rings. The summed E-state index contributed by atoms with van der Waals surface area (Å²) in [5.74, 6) is -1.08. The van der Waals surface area contributed by atoms with Crippen LogP contribution in [-0.2, 0) is 14.3 Å².